The van der Waals surface area contributed by atoms with E-state index in [1.807, 2.05) is 0 Å². The molecule has 0 bridgehead atoms. The van der Waals surface area contributed by atoms with Gasteiger partial charge in [-0.15, -0.1) is 0 Å². The van der Waals surface area contributed by atoms with Gasteiger partial charge in [0, 0.05) is 0 Å². The third-order valence-corrected chi connectivity index (χ3v) is 3.76. The largest absolute Gasteiger partial charge is 0.375 e. The molecule has 0 radical (unpaired) electrons. The van der Waals surface area contributed by atoms with Gasteiger partial charge in [0.15, 0.2) is 0 Å². The zero-order chi connectivity index (χ0) is 9.31. The van der Waals surface area contributed by atoms with Gasteiger partial charge in [-0.3, -0.25) is 0 Å². The molecule has 1 nitrogen and oxygen atoms in total. The minimum Gasteiger partial charge on any atom is -0.375 e. The molecule has 1 saturated heterocycles. The molecule has 1 aliphatic carbocycles. The van der Waals surface area contributed by atoms with Crippen molar-refractivity contribution in [1.82, 2.24) is 0 Å². The summed E-state index contributed by atoms with van der Waals surface area (Å²) in [6, 6.07) is 0. The predicted octanol–water partition coefficient (Wildman–Crippen LogP) is 3.38. The first-order chi connectivity index (χ1) is 6.17. The summed E-state index contributed by atoms with van der Waals surface area (Å²) in [7, 11) is 0. The van der Waals surface area contributed by atoms with E-state index in [0.717, 1.165) is 18.4 Å². The highest BCUT2D eigenvalue weighted by Crippen LogP contribution is 2.39. The van der Waals surface area contributed by atoms with Crippen LogP contribution in [0.25, 0.3) is 0 Å². The second-order valence-electron chi connectivity index (χ2n) is 5.43. The maximum Gasteiger partial charge on any atom is 0.0630 e. The van der Waals surface area contributed by atoms with Gasteiger partial charge in [0.25, 0.3) is 0 Å². The summed E-state index contributed by atoms with van der Waals surface area (Å²) >= 11 is 0. The Morgan fingerprint density at radius 2 is 1.69 bits per heavy atom. The molecule has 1 aliphatic heterocycles. The van der Waals surface area contributed by atoms with Gasteiger partial charge < -0.3 is 4.74 Å². The molecule has 1 atom stereocenters. The first kappa shape index (κ1) is 9.51. The molecular weight excluding hydrogens is 160 g/mol. The molecule has 2 fully saturated rings. The molecular formula is C12H22O. The molecule has 76 valence electrons. The van der Waals surface area contributed by atoms with Crippen LogP contribution in [-0.4, -0.2) is 12.2 Å². The Labute approximate surface area is 81.9 Å². The fourth-order valence-corrected chi connectivity index (χ4v) is 2.99. The zero-order valence-electron chi connectivity index (χ0n) is 9.01. The monoisotopic (exact) mass is 182 g/mol. The molecule has 13 heavy (non-hydrogen) atoms. The first-order valence-corrected chi connectivity index (χ1v) is 5.81. The molecule has 1 heteroatoms. The number of hydrogen-bond donors (Lipinski definition) is 0. The summed E-state index contributed by atoms with van der Waals surface area (Å²) in [6.45, 7) is 5.49. The zero-order valence-corrected chi connectivity index (χ0v) is 9.01. The van der Waals surface area contributed by atoms with E-state index in [-0.39, 0.29) is 5.60 Å². The topological polar surface area (TPSA) is 9.23 Å². The van der Waals surface area contributed by atoms with Gasteiger partial charge in [-0.1, -0.05) is 32.1 Å². The summed E-state index contributed by atoms with van der Waals surface area (Å²) < 4.78 is 5.81. The highest BCUT2D eigenvalue weighted by molar-refractivity contribution is 4.85. The Morgan fingerprint density at radius 3 is 2.23 bits per heavy atom. The van der Waals surface area contributed by atoms with Gasteiger partial charge in [-0.05, 0) is 32.1 Å². The van der Waals surface area contributed by atoms with Crippen LogP contribution in [-0.2, 0) is 4.74 Å². The molecule has 0 spiro atoms. The van der Waals surface area contributed by atoms with Gasteiger partial charge in [0.05, 0.1) is 12.2 Å². The average molecular weight is 182 g/mol. The smallest absolute Gasteiger partial charge is 0.0630 e. The highest BCUT2D eigenvalue weighted by atomic mass is 16.5. The predicted molar refractivity (Wildman–Crippen MR) is 54.7 cm³/mol. The number of ether oxygens (including phenoxy) is 1. The number of hydrogen-bond acceptors (Lipinski definition) is 1. The van der Waals surface area contributed by atoms with Crippen LogP contribution in [0.3, 0.4) is 0 Å². The molecule has 0 aromatic carbocycles. The molecule has 1 unspecified atom stereocenters. The maximum absolute atomic E-state index is 5.81. The van der Waals surface area contributed by atoms with Crippen molar-refractivity contribution in [3.63, 3.8) is 0 Å². The molecule has 0 aromatic heterocycles. The lowest BCUT2D eigenvalue weighted by atomic mass is 9.78. The van der Waals surface area contributed by atoms with Crippen molar-refractivity contribution in [3.8, 4) is 0 Å². The van der Waals surface area contributed by atoms with Crippen LogP contribution in [0.5, 0.6) is 0 Å². The van der Waals surface area contributed by atoms with Gasteiger partial charge in [-0.25, -0.2) is 0 Å². The molecule has 0 N–H and O–H groups in total. The van der Waals surface area contributed by atoms with Crippen LogP contribution in [0.2, 0.25) is 0 Å². The molecule has 2 aliphatic rings. The van der Waals surface area contributed by atoms with Gasteiger partial charge in [0.2, 0.25) is 0 Å². The van der Waals surface area contributed by atoms with Crippen molar-refractivity contribution >= 4 is 0 Å². The van der Waals surface area contributed by atoms with E-state index in [0.29, 0.717) is 0 Å². The average Bonchev–Trinajstić information content (AvgIpc) is 2.48. The molecule has 0 amide bonds. The minimum atomic E-state index is 0.169. The second kappa shape index (κ2) is 3.61. The van der Waals surface area contributed by atoms with Crippen molar-refractivity contribution in [2.24, 2.45) is 11.8 Å². The van der Waals surface area contributed by atoms with E-state index in [2.05, 4.69) is 13.8 Å². The lowest BCUT2D eigenvalue weighted by Gasteiger charge is -2.26. The van der Waals surface area contributed by atoms with Crippen LogP contribution < -0.4 is 0 Å². The minimum absolute atomic E-state index is 0.169. The molecule has 1 saturated carbocycles. The fourth-order valence-electron chi connectivity index (χ4n) is 2.99. The van der Waals surface area contributed by atoms with Crippen molar-refractivity contribution in [1.29, 1.82) is 0 Å². The summed E-state index contributed by atoms with van der Waals surface area (Å²) in [6.07, 6.45) is 8.60. The maximum atomic E-state index is 5.81. The third kappa shape index (κ3) is 2.25. The van der Waals surface area contributed by atoms with Crippen molar-refractivity contribution in [3.05, 3.63) is 0 Å². The van der Waals surface area contributed by atoms with E-state index in [4.69, 9.17) is 4.74 Å². The quantitative estimate of drug-likeness (QED) is 0.604. The van der Waals surface area contributed by atoms with E-state index in [1.54, 1.807) is 0 Å². The Hall–Kier alpha value is -0.0400. The molecule has 2 rings (SSSR count). The lowest BCUT2D eigenvalue weighted by molar-refractivity contribution is 0.0332. The second-order valence-corrected chi connectivity index (χ2v) is 5.43. The van der Waals surface area contributed by atoms with Crippen LogP contribution >= 0.6 is 0 Å². The normalized spacial score (nSPS) is 35.1. The Morgan fingerprint density at radius 1 is 1.00 bits per heavy atom. The summed E-state index contributed by atoms with van der Waals surface area (Å²) in [5.74, 6) is 1.85. The standard InChI is InChI=1S/C12H22O/c1-12(2)8-11(9-13-12)10-6-4-3-5-7-10/h10-11H,3-9H2,1-2H3. The highest BCUT2D eigenvalue weighted by Gasteiger charge is 2.36. The van der Waals surface area contributed by atoms with Gasteiger partial charge in [-0.2, -0.15) is 0 Å². The first-order valence-electron chi connectivity index (χ1n) is 5.81. The summed E-state index contributed by atoms with van der Waals surface area (Å²) in [5, 5.41) is 0. The molecule has 1 heterocycles. The Balaban J connectivity index is 1.87. The van der Waals surface area contributed by atoms with Crippen LogP contribution in [0.4, 0.5) is 0 Å². The van der Waals surface area contributed by atoms with Gasteiger partial charge in [0.1, 0.15) is 0 Å². The van der Waals surface area contributed by atoms with E-state index < -0.39 is 0 Å². The van der Waals surface area contributed by atoms with Crippen LogP contribution in [0.15, 0.2) is 0 Å². The molecule has 0 aromatic rings. The SMILES string of the molecule is CC1(C)CC(C2CCCCC2)CO1. The van der Waals surface area contributed by atoms with Crippen molar-refractivity contribution < 1.29 is 4.74 Å². The fraction of sp³-hybridized carbons (Fsp3) is 1.00. The van der Waals surface area contributed by atoms with Crippen molar-refractivity contribution in [2.75, 3.05) is 6.61 Å². The van der Waals surface area contributed by atoms with Crippen molar-refractivity contribution in [2.45, 2.75) is 58.0 Å². The van der Waals surface area contributed by atoms with E-state index in [1.165, 1.54) is 38.5 Å². The van der Waals surface area contributed by atoms with E-state index >= 15 is 0 Å². The van der Waals surface area contributed by atoms with Crippen LogP contribution in [0, 0.1) is 11.8 Å². The lowest BCUT2D eigenvalue weighted by Crippen LogP contribution is -2.20. The summed E-state index contributed by atoms with van der Waals surface area (Å²) in [4.78, 5) is 0. The Kier molecular flexibility index (Phi) is 2.64. The third-order valence-electron chi connectivity index (χ3n) is 3.76. The van der Waals surface area contributed by atoms with E-state index in [9.17, 15) is 0 Å². The number of rotatable bonds is 1. The van der Waals surface area contributed by atoms with Crippen LogP contribution in [0.1, 0.15) is 52.4 Å². The van der Waals surface area contributed by atoms with Gasteiger partial charge >= 0.3 is 0 Å². The summed E-state index contributed by atoms with van der Waals surface area (Å²) in [5.41, 5.74) is 0.169. The Bertz CT molecular complexity index is 168.